The zero-order chi connectivity index (χ0) is 16.1. The first-order chi connectivity index (χ1) is 10.2. The molecule has 0 radical (unpaired) electrons. The SMILES string of the molecule is Cc1cc(Cn2cc(B3OC(C)(C)C(C)(C)O3)cn2)nn1C. The van der Waals surface area contributed by atoms with Gasteiger partial charge in [-0.2, -0.15) is 10.2 Å². The van der Waals surface area contributed by atoms with Crippen LogP contribution in [0, 0.1) is 6.92 Å². The fraction of sp³-hybridized carbons (Fsp3) is 0.600. The fourth-order valence-corrected chi connectivity index (χ4v) is 2.45. The summed E-state index contributed by atoms with van der Waals surface area (Å²) in [4.78, 5) is 0. The van der Waals surface area contributed by atoms with E-state index in [1.807, 2.05) is 57.2 Å². The average molecular weight is 302 g/mol. The van der Waals surface area contributed by atoms with Crippen molar-refractivity contribution >= 4 is 12.6 Å². The van der Waals surface area contributed by atoms with E-state index in [2.05, 4.69) is 16.3 Å². The van der Waals surface area contributed by atoms with Gasteiger partial charge in [0.05, 0.1) is 23.4 Å². The molecule has 2 aromatic rings. The van der Waals surface area contributed by atoms with Crippen molar-refractivity contribution in [1.29, 1.82) is 0 Å². The Balaban J connectivity index is 1.75. The zero-order valence-corrected chi connectivity index (χ0v) is 14.1. The van der Waals surface area contributed by atoms with Gasteiger partial charge in [0.15, 0.2) is 0 Å². The number of aromatic nitrogens is 4. The van der Waals surface area contributed by atoms with Crippen molar-refractivity contribution in [2.24, 2.45) is 7.05 Å². The van der Waals surface area contributed by atoms with Gasteiger partial charge in [0, 0.05) is 30.6 Å². The smallest absolute Gasteiger partial charge is 0.399 e. The molecule has 2 aromatic heterocycles. The number of hydrogen-bond donors (Lipinski definition) is 0. The quantitative estimate of drug-likeness (QED) is 0.801. The summed E-state index contributed by atoms with van der Waals surface area (Å²) in [6.07, 6.45) is 3.77. The molecule has 0 amide bonds. The Hall–Kier alpha value is -1.60. The van der Waals surface area contributed by atoms with Crippen molar-refractivity contribution in [3.63, 3.8) is 0 Å². The molecular weight excluding hydrogens is 279 g/mol. The van der Waals surface area contributed by atoms with Crippen LogP contribution in [0.4, 0.5) is 0 Å². The van der Waals surface area contributed by atoms with Gasteiger partial charge in [0.2, 0.25) is 0 Å². The average Bonchev–Trinajstić information content (AvgIpc) is 3.01. The van der Waals surface area contributed by atoms with Crippen LogP contribution < -0.4 is 5.46 Å². The summed E-state index contributed by atoms with van der Waals surface area (Å²) in [5.41, 5.74) is 2.39. The summed E-state index contributed by atoms with van der Waals surface area (Å²) < 4.78 is 15.8. The molecular formula is C15H23BN4O2. The topological polar surface area (TPSA) is 54.1 Å². The molecule has 0 saturated carbocycles. The number of nitrogens with zero attached hydrogens (tertiary/aromatic N) is 4. The zero-order valence-electron chi connectivity index (χ0n) is 14.1. The van der Waals surface area contributed by atoms with E-state index in [1.54, 1.807) is 6.20 Å². The molecule has 0 aliphatic carbocycles. The second-order valence-corrected chi connectivity index (χ2v) is 6.96. The van der Waals surface area contributed by atoms with Crippen LogP contribution in [0.2, 0.25) is 0 Å². The molecule has 1 fully saturated rings. The van der Waals surface area contributed by atoms with E-state index in [0.717, 1.165) is 16.9 Å². The lowest BCUT2D eigenvalue weighted by molar-refractivity contribution is 0.00578. The van der Waals surface area contributed by atoms with E-state index in [1.165, 1.54) is 0 Å². The lowest BCUT2D eigenvalue weighted by Crippen LogP contribution is -2.41. The predicted molar refractivity (Wildman–Crippen MR) is 85.0 cm³/mol. The van der Waals surface area contributed by atoms with Gasteiger partial charge in [-0.05, 0) is 40.7 Å². The van der Waals surface area contributed by atoms with Crippen molar-refractivity contribution in [3.05, 3.63) is 29.8 Å². The Bertz CT molecular complexity index is 654. The lowest BCUT2D eigenvalue weighted by atomic mass is 9.82. The second-order valence-electron chi connectivity index (χ2n) is 6.96. The molecule has 1 saturated heterocycles. The Morgan fingerprint density at radius 1 is 1.18 bits per heavy atom. The molecule has 0 spiro atoms. The molecule has 0 atom stereocenters. The summed E-state index contributed by atoms with van der Waals surface area (Å²) in [5, 5.41) is 8.85. The minimum Gasteiger partial charge on any atom is -0.399 e. The van der Waals surface area contributed by atoms with E-state index in [-0.39, 0.29) is 18.3 Å². The molecule has 22 heavy (non-hydrogen) atoms. The maximum atomic E-state index is 6.04. The molecule has 1 aliphatic heterocycles. The van der Waals surface area contributed by atoms with Gasteiger partial charge < -0.3 is 9.31 Å². The minimum atomic E-state index is -0.371. The van der Waals surface area contributed by atoms with Crippen LogP contribution in [0.3, 0.4) is 0 Å². The maximum Gasteiger partial charge on any atom is 0.498 e. The van der Waals surface area contributed by atoms with Gasteiger partial charge >= 0.3 is 7.12 Å². The molecule has 7 heteroatoms. The van der Waals surface area contributed by atoms with Crippen LogP contribution in [-0.4, -0.2) is 37.9 Å². The Labute approximate surface area is 131 Å². The summed E-state index contributed by atoms with van der Waals surface area (Å²) in [6, 6.07) is 2.07. The van der Waals surface area contributed by atoms with Gasteiger partial charge in [-0.15, -0.1) is 0 Å². The predicted octanol–water partition coefficient (Wildman–Crippen LogP) is 1.27. The first-order valence-electron chi connectivity index (χ1n) is 7.55. The Kier molecular flexibility index (Phi) is 3.45. The normalized spacial score (nSPS) is 19.8. The van der Waals surface area contributed by atoms with Gasteiger partial charge in [-0.3, -0.25) is 9.36 Å². The lowest BCUT2D eigenvalue weighted by Gasteiger charge is -2.32. The molecule has 0 unspecified atom stereocenters. The van der Waals surface area contributed by atoms with Crippen molar-refractivity contribution in [1.82, 2.24) is 19.6 Å². The maximum absolute atomic E-state index is 6.04. The van der Waals surface area contributed by atoms with Crippen molar-refractivity contribution in [2.45, 2.75) is 52.4 Å². The standard InChI is InChI=1S/C15H23BN4O2/c1-11-7-13(18-19(11)6)10-20-9-12(8-17-20)16-21-14(2,3)15(4,5)22-16/h7-9H,10H2,1-6H3. The first kappa shape index (κ1) is 15.3. The summed E-state index contributed by atoms with van der Waals surface area (Å²) in [7, 11) is 1.57. The summed E-state index contributed by atoms with van der Waals surface area (Å²) in [5.74, 6) is 0. The van der Waals surface area contributed by atoms with Crippen LogP contribution in [0.1, 0.15) is 39.1 Å². The van der Waals surface area contributed by atoms with Crippen LogP contribution in [0.15, 0.2) is 18.5 Å². The van der Waals surface area contributed by atoms with E-state index < -0.39 is 0 Å². The Morgan fingerprint density at radius 2 is 1.82 bits per heavy atom. The van der Waals surface area contributed by atoms with E-state index in [0.29, 0.717) is 6.54 Å². The largest absolute Gasteiger partial charge is 0.498 e. The van der Waals surface area contributed by atoms with Crippen molar-refractivity contribution in [2.75, 3.05) is 0 Å². The third-order valence-corrected chi connectivity index (χ3v) is 4.67. The number of hydrogen-bond acceptors (Lipinski definition) is 4. The summed E-state index contributed by atoms with van der Waals surface area (Å²) in [6.45, 7) is 10.9. The molecule has 6 nitrogen and oxygen atoms in total. The molecule has 0 N–H and O–H groups in total. The highest BCUT2D eigenvalue weighted by Crippen LogP contribution is 2.36. The van der Waals surface area contributed by atoms with Crippen LogP contribution >= 0.6 is 0 Å². The molecule has 0 aromatic carbocycles. The van der Waals surface area contributed by atoms with Gasteiger partial charge in [-0.1, -0.05) is 0 Å². The van der Waals surface area contributed by atoms with Crippen LogP contribution in [-0.2, 0) is 22.9 Å². The highest BCUT2D eigenvalue weighted by molar-refractivity contribution is 6.61. The molecule has 3 rings (SSSR count). The molecule has 0 bridgehead atoms. The minimum absolute atomic E-state index is 0.335. The third kappa shape index (κ3) is 2.59. The van der Waals surface area contributed by atoms with Crippen LogP contribution in [0.5, 0.6) is 0 Å². The monoisotopic (exact) mass is 302 g/mol. The van der Waals surface area contributed by atoms with Gasteiger partial charge in [0.1, 0.15) is 0 Å². The Morgan fingerprint density at radius 3 is 2.36 bits per heavy atom. The third-order valence-electron chi connectivity index (χ3n) is 4.67. The van der Waals surface area contributed by atoms with Crippen LogP contribution in [0.25, 0.3) is 0 Å². The van der Waals surface area contributed by atoms with E-state index in [4.69, 9.17) is 9.31 Å². The van der Waals surface area contributed by atoms with E-state index in [9.17, 15) is 0 Å². The number of aryl methyl sites for hydroxylation is 2. The van der Waals surface area contributed by atoms with Crippen molar-refractivity contribution in [3.8, 4) is 0 Å². The highest BCUT2D eigenvalue weighted by atomic mass is 16.7. The van der Waals surface area contributed by atoms with E-state index >= 15 is 0 Å². The molecule has 118 valence electrons. The summed E-state index contributed by atoms with van der Waals surface area (Å²) >= 11 is 0. The van der Waals surface area contributed by atoms with Gasteiger partial charge in [-0.25, -0.2) is 0 Å². The number of rotatable bonds is 3. The second kappa shape index (κ2) is 4.96. The fourth-order valence-electron chi connectivity index (χ4n) is 2.45. The highest BCUT2D eigenvalue weighted by Gasteiger charge is 2.52. The molecule has 1 aliphatic rings. The van der Waals surface area contributed by atoms with Crippen molar-refractivity contribution < 1.29 is 9.31 Å². The van der Waals surface area contributed by atoms with Gasteiger partial charge in [0.25, 0.3) is 0 Å². The molecule has 3 heterocycles. The first-order valence-corrected chi connectivity index (χ1v) is 7.55.